The summed E-state index contributed by atoms with van der Waals surface area (Å²) in [5, 5.41) is 0. The largest absolute Gasteiger partial charge is 0.465 e. The molecule has 0 spiro atoms. The van der Waals surface area contributed by atoms with Gasteiger partial charge in [0.2, 0.25) is 0 Å². The van der Waals surface area contributed by atoms with Crippen molar-refractivity contribution in [1.82, 2.24) is 19.9 Å². The van der Waals surface area contributed by atoms with E-state index < -0.39 is 0 Å². The van der Waals surface area contributed by atoms with Crippen molar-refractivity contribution in [3.05, 3.63) is 69.8 Å². The SMILES string of the molecule is CCc1ccc(CN2CCc3nc(-c4ccncc4)[nH]c(=O)c3C2)o1. The van der Waals surface area contributed by atoms with E-state index in [-0.39, 0.29) is 5.56 Å². The summed E-state index contributed by atoms with van der Waals surface area (Å²) in [5.41, 5.74) is 2.46. The number of pyridine rings is 1. The molecule has 0 amide bonds. The van der Waals surface area contributed by atoms with Crippen LogP contribution < -0.4 is 5.56 Å². The predicted octanol–water partition coefficient (Wildman–Crippen LogP) is 2.55. The quantitative estimate of drug-likeness (QED) is 0.792. The highest BCUT2D eigenvalue weighted by molar-refractivity contribution is 5.54. The third-order valence-electron chi connectivity index (χ3n) is 4.55. The summed E-state index contributed by atoms with van der Waals surface area (Å²) < 4.78 is 5.78. The third-order valence-corrected chi connectivity index (χ3v) is 4.55. The molecule has 25 heavy (non-hydrogen) atoms. The van der Waals surface area contributed by atoms with Crippen LogP contribution in [0.1, 0.15) is 29.7 Å². The lowest BCUT2D eigenvalue weighted by atomic mass is 10.1. The number of rotatable bonds is 4. The second-order valence-corrected chi connectivity index (χ2v) is 6.26. The number of furan rings is 1. The zero-order valence-electron chi connectivity index (χ0n) is 14.2. The zero-order valence-corrected chi connectivity index (χ0v) is 14.2. The molecular formula is C19H20N4O2. The minimum absolute atomic E-state index is 0.0600. The average molecular weight is 336 g/mol. The van der Waals surface area contributed by atoms with Crippen LogP contribution in [0.2, 0.25) is 0 Å². The van der Waals surface area contributed by atoms with Crippen molar-refractivity contribution in [2.24, 2.45) is 0 Å². The highest BCUT2D eigenvalue weighted by Gasteiger charge is 2.22. The van der Waals surface area contributed by atoms with E-state index in [0.717, 1.165) is 47.7 Å². The average Bonchev–Trinajstić information content (AvgIpc) is 3.10. The van der Waals surface area contributed by atoms with E-state index in [1.54, 1.807) is 12.4 Å². The van der Waals surface area contributed by atoms with Crippen molar-refractivity contribution < 1.29 is 4.42 Å². The van der Waals surface area contributed by atoms with Crippen LogP contribution in [0.4, 0.5) is 0 Å². The molecule has 128 valence electrons. The second kappa shape index (κ2) is 6.64. The zero-order chi connectivity index (χ0) is 17.2. The molecule has 0 unspecified atom stereocenters. The maximum absolute atomic E-state index is 12.5. The Kier molecular flexibility index (Phi) is 4.19. The van der Waals surface area contributed by atoms with E-state index in [4.69, 9.17) is 4.42 Å². The standard InChI is InChI=1S/C19H20N4O2/c1-2-14-3-4-15(25-14)11-23-10-7-17-16(12-23)19(24)22-18(21-17)13-5-8-20-9-6-13/h3-6,8-9H,2,7,10-12H2,1H3,(H,21,22,24). The van der Waals surface area contributed by atoms with Crippen LogP contribution in [0.3, 0.4) is 0 Å². The molecule has 4 rings (SSSR count). The Morgan fingerprint density at radius 1 is 1.20 bits per heavy atom. The van der Waals surface area contributed by atoms with Gasteiger partial charge in [-0.1, -0.05) is 6.92 Å². The van der Waals surface area contributed by atoms with Gasteiger partial charge in [0, 0.05) is 43.9 Å². The van der Waals surface area contributed by atoms with Gasteiger partial charge in [0.25, 0.3) is 5.56 Å². The Morgan fingerprint density at radius 2 is 2.00 bits per heavy atom. The molecule has 6 heteroatoms. The highest BCUT2D eigenvalue weighted by Crippen LogP contribution is 2.20. The topological polar surface area (TPSA) is 75.0 Å². The summed E-state index contributed by atoms with van der Waals surface area (Å²) in [4.78, 5) is 26.3. The van der Waals surface area contributed by atoms with Gasteiger partial charge in [0.15, 0.2) is 0 Å². The molecule has 0 aromatic carbocycles. The molecule has 1 aliphatic rings. The first-order valence-electron chi connectivity index (χ1n) is 8.55. The molecule has 0 bridgehead atoms. The number of hydrogen-bond acceptors (Lipinski definition) is 5. The Bertz CT molecular complexity index is 930. The van der Waals surface area contributed by atoms with Crippen LogP contribution in [-0.4, -0.2) is 26.4 Å². The number of aromatic nitrogens is 3. The van der Waals surface area contributed by atoms with Crippen molar-refractivity contribution in [2.45, 2.75) is 32.9 Å². The lowest BCUT2D eigenvalue weighted by Crippen LogP contribution is -2.35. The van der Waals surface area contributed by atoms with Crippen LogP contribution in [0.25, 0.3) is 11.4 Å². The fourth-order valence-electron chi connectivity index (χ4n) is 3.18. The van der Waals surface area contributed by atoms with Crippen molar-refractivity contribution >= 4 is 0 Å². The number of aryl methyl sites for hydroxylation is 1. The molecule has 1 N–H and O–H groups in total. The van der Waals surface area contributed by atoms with Gasteiger partial charge in [-0.15, -0.1) is 0 Å². The Balaban J connectivity index is 1.56. The summed E-state index contributed by atoms with van der Waals surface area (Å²) in [6.45, 7) is 4.24. The van der Waals surface area contributed by atoms with Gasteiger partial charge in [0.05, 0.1) is 17.8 Å². The first kappa shape index (κ1) is 15.8. The van der Waals surface area contributed by atoms with Gasteiger partial charge in [-0.3, -0.25) is 14.7 Å². The molecule has 3 aromatic heterocycles. The number of hydrogen-bond donors (Lipinski definition) is 1. The molecule has 1 aliphatic heterocycles. The first-order valence-corrected chi connectivity index (χ1v) is 8.55. The Hall–Kier alpha value is -2.73. The van der Waals surface area contributed by atoms with Crippen LogP contribution >= 0.6 is 0 Å². The smallest absolute Gasteiger partial charge is 0.255 e. The molecule has 0 aliphatic carbocycles. The first-order chi connectivity index (χ1) is 12.2. The molecule has 0 saturated heterocycles. The maximum Gasteiger partial charge on any atom is 0.255 e. The molecule has 6 nitrogen and oxygen atoms in total. The monoisotopic (exact) mass is 336 g/mol. The van der Waals surface area contributed by atoms with Crippen molar-refractivity contribution in [1.29, 1.82) is 0 Å². The maximum atomic E-state index is 12.5. The van der Waals surface area contributed by atoms with Crippen LogP contribution in [-0.2, 0) is 25.9 Å². The molecule has 0 radical (unpaired) electrons. The fourth-order valence-corrected chi connectivity index (χ4v) is 3.18. The lowest BCUT2D eigenvalue weighted by Gasteiger charge is -2.26. The molecule has 3 aromatic rings. The Morgan fingerprint density at radius 3 is 2.76 bits per heavy atom. The van der Waals surface area contributed by atoms with Crippen molar-refractivity contribution in [2.75, 3.05) is 6.54 Å². The fraction of sp³-hybridized carbons (Fsp3) is 0.316. The lowest BCUT2D eigenvalue weighted by molar-refractivity contribution is 0.221. The van der Waals surface area contributed by atoms with Gasteiger partial charge in [-0.25, -0.2) is 4.98 Å². The van der Waals surface area contributed by atoms with E-state index in [1.807, 2.05) is 24.3 Å². The number of aromatic amines is 1. The van der Waals surface area contributed by atoms with Gasteiger partial charge < -0.3 is 9.40 Å². The molecule has 4 heterocycles. The number of nitrogens with zero attached hydrogens (tertiary/aromatic N) is 3. The van der Waals surface area contributed by atoms with Gasteiger partial charge in [0.1, 0.15) is 17.3 Å². The number of nitrogens with one attached hydrogen (secondary N) is 1. The Labute approximate surface area is 145 Å². The molecule has 0 atom stereocenters. The van der Waals surface area contributed by atoms with Crippen molar-refractivity contribution in [3.63, 3.8) is 0 Å². The van der Waals surface area contributed by atoms with Crippen LogP contribution in [0.15, 0.2) is 45.9 Å². The number of H-pyrrole nitrogens is 1. The van der Waals surface area contributed by atoms with E-state index in [0.29, 0.717) is 18.9 Å². The number of fused-ring (bicyclic) bond motifs is 1. The minimum Gasteiger partial charge on any atom is -0.465 e. The predicted molar refractivity (Wildman–Crippen MR) is 94.0 cm³/mol. The minimum atomic E-state index is -0.0600. The normalized spacial score (nSPS) is 14.4. The van der Waals surface area contributed by atoms with Crippen molar-refractivity contribution in [3.8, 4) is 11.4 Å². The summed E-state index contributed by atoms with van der Waals surface area (Å²) in [6, 6.07) is 7.73. The highest BCUT2D eigenvalue weighted by atomic mass is 16.3. The van der Waals surface area contributed by atoms with Gasteiger partial charge in [-0.2, -0.15) is 0 Å². The molecular weight excluding hydrogens is 316 g/mol. The van der Waals surface area contributed by atoms with E-state index in [9.17, 15) is 4.79 Å². The van der Waals surface area contributed by atoms with Crippen LogP contribution in [0.5, 0.6) is 0 Å². The summed E-state index contributed by atoms with van der Waals surface area (Å²) in [7, 11) is 0. The van der Waals surface area contributed by atoms with Crippen LogP contribution in [0, 0.1) is 0 Å². The summed E-state index contributed by atoms with van der Waals surface area (Å²) in [6.07, 6.45) is 5.05. The van der Waals surface area contributed by atoms with Gasteiger partial charge in [-0.05, 0) is 24.3 Å². The molecule has 0 saturated carbocycles. The van der Waals surface area contributed by atoms with E-state index >= 15 is 0 Å². The third kappa shape index (κ3) is 3.25. The summed E-state index contributed by atoms with van der Waals surface area (Å²) >= 11 is 0. The van der Waals surface area contributed by atoms with E-state index in [1.165, 1.54) is 0 Å². The van der Waals surface area contributed by atoms with Gasteiger partial charge >= 0.3 is 0 Å². The summed E-state index contributed by atoms with van der Waals surface area (Å²) in [5.74, 6) is 2.55. The second-order valence-electron chi connectivity index (χ2n) is 6.26. The molecule has 0 fully saturated rings. The van der Waals surface area contributed by atoms with E-state index in [2.05, 4.69) is 26.8 Å².